The number of carbonyl (C=O) groups is 1. The maximum Gasteiger partial charge on any atom is 0.305 e. The Balaban J connectivity index is 0.00000784. The topological polar surface area (TPSA) is 81.2 Å². The van der Waals surface area contributed by atoms with Crippen molar-refractivity contribution in [1.29, 1.82) is 0 Å². The Morgan fingerprint density at radius 2 is 1.93 bits per heavy atom. The lowest BCUT2D eigenvalue weighted by Crippen LogP contribution is -2.37. The lowest BCUT2D eigenvalue weighted by atomic mass is 10.1. The van der Waals surface area contributed by atoms with Gasteiger partial charge in [-0.2, -0.15) is 0 Å². The number of guanidine groups is 1. The van der Waals surface area contributed by atoms with Crippen molar-refractivity contribution in [3.63, 3.8) is 0 Å². The van der Waals surface area contributed by atoms with E-state index in [1.807, 2.05) is 26.8 Å². The van der Waals surface area contributed by atoms with Gasteiger partial charge < -0.3 is 24.8 Å². The largest absolute Gasteiger partial charge is 0.491 e. The first-order valence-electron chi connectivity index (χ1n) is 9.99. The molecule has 0 saturated carbocycles. The van der Waals surface area contributed by atoms with E-state index in [1.165, 1.54) is 7.11 Å². The van der Waals surface area contributed by atoms with E-state index < -0.39 is 0 Å². The van der Waals surface area contributed by atoms with Crippen molar-refractivity contribution in [1.82, 2.24) is 10.6 Å². The molecule has 7 nitrogen and oxygen atoms in total. The van der Waals surface area contributed by atoms with E-state index in [-0.39, 0.29) is 29.9 Å². The molecule has 0 atom stereocenters. The molecule has 0 unspecified atom stereocenters. The molecule has 0 spiro atoms. The molecule has 8 heteroatoms. The van der Waals surface area contributed by atoms with Crippen LogP contribution in [0.2, 0.25) is 0 Å². The molecular weight excluding hydrogens is 485 g/mol. The van der Waals surface area contributed by atoms with Crippen LogP contribution in [0.5, 0.6) is 5.75 Å². The Bertz CT molecular complexity index is 612. The highest BCUT2D eigenvalue weighted by molar-refractivity contribution is 14.0. The minimum atomic E-state index is -0.170. The smallest absolute Gasteiger partial charge is 0.305 e. The lowest BCUT2D eigenvalue weighted by molar-refractivity contribution is -0.140. The molecule has 0 aromatic heterocycles. The van der Waals surface area contributed by atoms with Gasteiger partial charge in [0.2, 0.25) is 0 Å². The molecule has 2 N–H and O–H groups in total. The summed E-state index contributed by atoms with van der Waals surface area (Å²) in [7, 11) is 1.41. The standard InChI is InChI=1S/C21H35N3O4.HI/c1-5-22-21(23-12-8-7-9-20(25)26-4)24-16-18-11-10-17(3)15-19(18)28-14-13-27-6-2;/h10-11,15H,5-9,12-14,16H2,1-4H3,(H2,22,23,24);1H. The fraction of sp³-hybridized carbons (Fsp3) is 0.619. The molecule has 1 aromatic rings. The molecular formula is C21H36IN3O4. The number of halogens is 1. The number of carbonyl (C=O) groups excluding carboxylic acids is 1. The summed E-state index contributed by atoms with van der Waals surface area (Å²) in [5.41, 5.74) is 2.18. The van der Waals surface area contributed by atoms with Crippen molar-refractivity contribution in [3.8, 4) is 5.75 Å². The van der Waals surface area contributed by atoms with Crippen LogP contribution in [0, 0.1) is 6.92 Å². The Morgan fingerprint density at radius 3 is 2.62 bits per heavy atom. The van der Waals surface area contributed by atoms with Gasteiger partial charge in [0.15, 0.2) is 5.96 Å². The molecule has 166 valence electrons. The van der Waals surface area contributed by atoms with Gasteiger partial charge in [-0.05, 0) is 45.2 Å². The predicted molar refractivity (Wildman–Crippen MR) is 127 cm³/mol. The summed E-state index contributed by atoms with van der Waals surface area (Å²) < 4.78 is 15.9. The Kier molecular flexibility index (Phi) is 16.4. The maximum atomic E-state index is 11.1. The van der Waals surface area contributed by atoms with Crippen molar-refractivity contribution >= 4 is 35.9 Å². The molecule has 1 aromatic carbocycles. The van der Waals surface area contributed by atoms with E-state index >= 15 is 0 Å². The van der Waals surface area contributed by atoms with Crippen molar-refractivity contribution in [2.24, 2.45) is 4.99 Å². The van der Waals surface area contributed by atoms with Crippen molar-refractivity contribution in [2.75, 3.05) is 40.0 Å². The molecule has 29 heavy (non-hydrogen) atoms. The van der Waals surface area contributed by atoms with Crippen molar-refractivity contribution in [3.05, 3.63) is 29.3 Å². The van der Waals surface area contributed by atoms with E-state index in [0.717, 1.165) is 48.8 Å². The van der Waals surface area contributed by atoms with Crippen LogP contribution in [0.25, 0.3) is 0 Å². The molecule has 0 radical (unpaired) electrons. The Labute approximate surface area is 192 Å². The van der Waals surface area contributed by atoms with Gasteiger partial charge in [-0.1, -0.05) is 12.1 Å². The summed E-state index contributed by atoms with van der Waals surface area (Å²) in [6.45, 7) is 9.86. The normalized spacial score (nSPS) is 10.8. The third-order valence-corrected chi connectivity index (χ3v) is 3.99. The van der Waals surface area contributed by atoms with Crippen LogP contribution in [-0.4, -0.2) is 51.9 Å². The van der Waals surface area contributed by atoms with Gasteiger partial charge in [-0.25, -0.2) is 4.99 Å². The number of benzene rings is 1. The van der Waals surface area contributed by atoms with Crippen LogP contribution in [-0.2, 0) is 20.8 Å². The number of nitrogens with zero attached hydrogens (tertiary/aromatic N) is 1. The monoisotopic (exact) mass is 521 g/mol. The highest BCUT2D eigenvalue weighted by Gasteiger charge is 2.06. The van der Waals surface area contributed by atoms with Gasteiger partial charge in [0, 0.05) is 31.7 Å². The minimum Gasteiger partial charge on any atom is -0.491 e. The van der Waals surface area contributed by atoms with Crippen molar-refractivity contribution in [2.45, 2.75) is 46.6 Å². The lowest BCUT2D eigenvalue weighted by Gasteiger charge is -2.13. The fourth-order valence-corrected chi connectivity index (χ4v) is 2.49. The van der Waals surface area contributed by atoms with Crippen LogP contribution in [0.3, 0.4) is 0 Å². The molecule has 0 heterocycles. The SMILES string of the molecule is CCNC(=NCc1ccc(C)cc1OCCOCC)NCCCCC(=O)OC.I. The molecule has 0 aliphatic rings. The Morgan fingerprint density at radius 1 is 1.14 bits per heavy atom. The summed E-state index contributed by atoms with van der Waals surface area (Å²) >= 11 is 0. The third-order valence-electron chi connectivity index (χ3n) is 3.99. The van der Waals surface area contributed by atoms with E-state index in [2.05, 4.69) is 32.5 Å². The molecule has 0 bridgehead atoms. The van der Waals surface area contributed by atoms with Gasteiger partial charge in [-0.15, -0.1) is 24.0 Å². The quantitative estimate of drug-likeness (QED) is 0.136. The summed E-state index contributed by atoms with van der Waals surface area (Å²) in [4.78, 5) is 15.8. The van der Waals surface area contributed by atoms with E-state index in [1.54, 1.807) is 0 Å². The van der Waals surface area contributed by atoms with Crippen LogP contribution >= 0.6 is 24.0 Å². The zero-order chi connectivity index (χ0) is 20.6. The minimum absolute atomic E-state index is 0. The summed E-state index contributed by atoms with van der Waals surface area (Å²) in [6.07, 6.45) is 2.10. The number of unbranched alkanes of at least 4 members (excludes halogenated alkanes) is 1. The number of esters is 1. The molecule has 0 aliphatic carbocycles. The summed E-state index contributed by atoms with van der Waals surface area (Å²) in [5.74, 6) is 1.43. The van der Waals surface area contributed by atoms with Crippen LogP contribution < -0.4 is 15.4 Å². The third kappa shape index (κ3) is 12.6. The van der Waals surface area contributed by atoms with Crippen LogP contribution in [0.4, 0.5) is 0 Å². The van der Waals surface area contributed by atoms with E-state index in [0.29, 0.717) is 32.8 Å². The van der Waals surface area contributed by atoms with Crippen molar-refractivity contribution < 1.29 is 19.0 Å². The van der Waals surface area contributed by atoms with Crippen LogP contribution in [0.15, 0.2) is 23.2 Å². The Hall–Kier alpha value is -1.55. The first-order valence-corrected chi connectivity index (χ1v) is 9.99. The van der Waals surface area contributed by atoms with Gasteiger partial charge in [0.25, 0.3) is 0 Å². The number of ether oxygens (including phenoxy) is 3. The van der Waals surface area contributed by atoms with Gasteiger partial charge in [0.1, 0.15) is 12.4 Å². The summed E-state index contributed by atoms with van der Waals surface area (Å²) in [5, 5.41) is 6.54. The van der Waals surface area contributed by atoms with E-state index in [9.17, 15) is 4.79 Å². The molecule has 0 aliphatic heterocycles. The maximum absolute atomic E-state index is 11.1. The zero-order valence-electron chi connectivity index (χ0n) is 18.1. The number of aryl methyl sites for hydroxylation is 1. The average molecular weight is 521 g/mol. The zero-order valence-corrected chi connectivity index (χ0v) is 20.4. The molecule has 1 rings (SSSR count). The number of methoxy groups -OCH3 is 1. The molecule has 0 fully saturated rings. The first kappa shape index (κ1) is 27.5. The number of nitrogens with one attached hydrogen (secondary N) is 2. The highest BCUT2D eigenvalue weighted by Crippen LogP contribution is 2.21. The second-order valence-electron chi connectivity index (χ2n) is 6.31. The number of aliphatic imine (C=N–C) groups is 1. The van der Waals surface area contributed by atoms with Crippen LogP contribution in [0.1, 0.15) is 44.2 Å². The van der Waals surface area contributed by atoms with Gasteiger partial charge in [-0.3, -0.25) is 4.79 Å². The van der Waals surface area contributed by atoms with Gasteiger partial charge in [0.05, 0.1) is 20.3 Å². The number of rotatable bonds is 13. The molecule has 0 amide bonds. The first-order chi connectivity index (χ1) is 13.6. The molecule has 0 saturated heterocycles. The predicted octanol–water partition coefficient (Wildman–Crippen LogP) is 3.43. The average Bonchev–Trinajstić information content (AvgIpc) is 2.69. The number of hydrogen-bond donors (Lipinski definition) is 2. The summed E-state index contributed by atoms with van der Waals surface area (Å²) in [6, 6.07) is 6.14. The second-order valence-corrected chi connectivity index (χ2v) is 6.31. The van der Waals surface area contributed by atoms with E-state index in [4.69, 9.17) is 9.47 Å². The highest BCUT2D eigenvalue weighted by atomic mass is 127. The van der Waals surface area contributed by atoms with Gasteiger partial charge >= 0.3 is 5.97 Å². The fourth-order valence-electron chi connectivity index (χ4n) is 2.49. The second kappa shape index (κ2) is 17.3. The number of hydrogen-bond acceptors (Lipinski definition) is 5.